The lowest BCUT2D eigenvalue weighted by Gasteiger charge is -2.05. The molecule has 1 aromatic rings. The number of nitrogens with one attached hydrogen (secondary N) is 1. The first-order chi connectivity index (χ1) is 9.15. The van der Waals surface area contributed by atoms with Gasteiger partial charge >= 0.3 is 5.97 Å². The van der Waals surface area contributed by atoms with E-state index in [-0.39, 0.29) is 11.4 Å². The predicted molar refractivity (Wildman–Crippen MR) is 69.6 cm³/mol. The molecule has 0 amide bonds. The molecule has 0 unspecified atom stereocenters. The summed E-state index contributed by atoms with van der Waals surface area (Å²) in [4.78, 5) is 11.2. The molecular weight excluding hydrogens is 244 g/mol. The highest BCUT2D eigenvalue weighted by molar-refractivity contribution is 5.95. The molecular formula is C14H12N2O3. The number of carboxylic acid groups (broad SMARTS) is 1. The lowest BCUT2D eigenvalue weighted by Crippen LogP contribution is -2.04. The van der Waals surface area contributed by atoms with Crippen molar-refractivity contribution in [2.75, 3.05) is 0 Å². The lowest BCUT2D eigenvalue weighted by molar-refractivity contribution is 0.0690. The molecule has 96 valence electrons. The van der Waals surface area contributed by atoms with Gasteiger partial charge in [-0.05, 0) is 11.6 Å². The van der Waals surface area contributed by atoms with E-state index in [1.165, 1.54) is 6.07 Å². The maximum Gasteiger partial charge on any atom is 0.354 e. The van der Waals surface area contributed by atoms with E-state index in [0.29, 0.717) is 17.8 Å². The maximum absolute atomic E-state index is 11.2. The summed E-state index contributed by atoms with van der Waals surface area (Å²) >= 11 is 0. The molecule has 0 radical (unpaired) electrons. The van der Waals surface area contributed by atoms with Crippen LogP contribution >= 0.6 is 0 Å². The van der Waals surface area contributed by atoms with Crippen LogP contribution in [0.5, 0.6) is 5.75 Å². The highest BCUT2D eigenvalue weighted by Gasteiger charge is 2.22. The van der Waals surface area contributed by atoms with E-state index < -0.39 is 5.97 Å². The van der Waals surface area contributed by atoms with Crippen molar-refractivity contribution >= 4 is 5.97 Å². The number of H-pyrrole nitrogens is 1. The zero-order valence-corrected chi connectivity index (χ0v) is 10.00. The van der Waals surface area contributed by atoms with Crippen LogP contribution in [-0.2, 0) is 6.54 Å². The molecule has 0 atom stereocenters. The molecule has 3 rings (SSSR count). The summed E-state index contributed by atoms with van der Waals surface area (Å²) in [6, 6.07) is 12.7. The molecule has 0 saturated carbocycles. The Morgan fingerprint density at radius 3 is 2.63 bits per heavy atom. The molecule has 0 fully saturated rings. The highest BCUT2D eigenvalue weighted by atomic mass is 16.4. The predicted octanol–water partition coefficient (Wildman–Crippen LogP) is 2.37. The van der Waals surface area contributed by atoms with Crippen LogP contribution in [0.4, 0.5) is 0 Å². The molecule has 0 bridgehead atoms. The van der Waals surface area contributed by atoms with Gasteiger partial charge in [-0.15, -0.1) is 0 Å². The van der Waals surface area contributed by atoms with E-state index in [1.54, 1.807) is 10.7 Å². The maximum atomic E-state index is 11.2. The van der Waals surface area contributed by atoms with Crippen LogP contribution < -0.4 is 0 Å². The van der Waals surface area contributed by atoms with Crippen LogP contribution in [0.3, 0.4) is 0 Å². The monoisotopic (exact) mass is 256 g/mol. The average molecular weight is 256 g/mol. The Kier molecular flexibility index (Phi) is 2.52. The fourth-order valence-electron chi connectivity index (χ4n) is 2.21. The van der Waals surface area contributed by atoms with Crippen LogP contribution in [0.15, 0.2) is 42.5 Å². The summed E-state index contributed by atoms with van der Waals surface area (Å²) in [5, 5.41) is 21.5. The molecule has 1 aliphatic carbocycles. The van der Waals surface area contributed by atoms with E-state index >= 15 is 0 Å². The van der Waals surface area contributed by atoms with E-state index in [9.17, 15) is 9.90 Å². The van der Waals surface area contributed by atoms with Gasteiger partial charge in [-0.25, -0.2) is 4.79 Å². The van der Waals surface area contributed by atoms with Crippen LogP contribution in [0.2, 0.25) is 0 Å². The summed E-state index contributed by atoms with van der Waals surface area (Å²) in [5.74, 6) is -0.967. The molecule has 5 heteroatoms. The highest BCUT2D eigenvalue weighted by Crippen LogP contribution is 2.33. The van der Waals surface area contributed by atoms with Crippen molar-refractivity contribution in [1.82, 2.24) is 9.78 Å². The number of aromatic nitrogens is 2. The lowest BCUT2D eigenvalue weighted by atomic mass is 10.2. The Labute approximate surface area is 109 Å². The Bertz CT molecular complexity index is 697. The van der Waals surface area contributed by atoms with Gasteiger partial charge in [0.05, 0.1) is 12.2 Å². The van der Waals surface area contributed by atoms with Crippen molar-refractivity contribution in [3.8, 4) is 17.0 Å². The van der Waals surface area contributed by atoms with E-state index in [0.717, 1.165) is 5.56 Å². The Morgan fingerprint density at radius 2 is 1.95 bits per heavy atom. The first-order valence-electron chi connectivity index (χ1n) is 5.83. The summed E-state index contributed by atoms with van der Waals surface area (Å²) in [5.41, 5.74) is 2.33. The zero-order chi connectivity index (χ0) is 13.4. The first-order valence-corrected chi connectivity index (χ1v) is 5.83. The Morgan fingerprint density at radius 1 is 1.21 bits per heavy atom. The molecule has 0 saturated heterocycles. The third kappa shape index (κ3) is 1.95. The quantitative estimate of drug-likeness (QED) is 0.673. The number of hydrogen-bond donors (Lipinski definition) is 3. The van der Waals surface area contributed by atoms with Gasteiger partial charge in [0.1, 0.15) is 11.4 Å². The zero-order valence-electron chi connectivity index (χ0n) is 10.00. The summed E-state index contributed by atoms with van der Waals surface area (Å²) < 4.78 is 1.72. The summed E-state index contributed by atoms with van der Waals surface area (Å²) in [7, 11) is 0. The number of aromatic amines is 1. The fraction of sp³-hybridized carbons (Fsp3) is 0.0714. The van der Waals surface area contributed by atoms with Gasteiger partial charge in [0.2, 0.25) is 0 Å². The number of aromatic carboxylic acids is 1. The SMILES string of the molecule is O=C(O)c1[nH]n(Cc2ccccc2)c2cc(O)cc1-2. The van der Waals surface area contributed by atoms with Gasteiger partial charge in [0.15, 0.2) is 0 Å². The topological polar surface area (TPSA) is 78.2 Å². The second-order valence-corrected chi connectivity index (χ2v) is 4.38. The van der Waals surface area contributed by atoms with Gasteiger partial charge in [0.25, 0.3) is 0 Å². The summed E-state index contributed by atoms with van der Waals surface area (Å²) in [6.45, 7) is 0.522. The molecule has 0 aromatic heterocycles. The van der Waals surface area contributed by atoms with Crippen LogP contribution in [0, 0.1) is 0 Å². The smallest absolute Gasteiger partial charge is 0.354 e. The van der Waals surface area contributed by atoms with Crippen molar-refractivity contribution in [3.05, 3.63) is 53.7 Å². The molecule has 0 spiro atoms. The molecule has 1 heterocycles. The Balaban J connectivity index is 2.06. The third-order valence-corrected chi connectivity index (χ3v) is 3.06. The number of rotatable bonds is 3. The number of aromatic hydroxyl groups is 1. The molecule has 1 aromatic carbocycles. The van der Waals surface area contributed by atoms with Crippen molar-refractivity contribution in [2.24, 2.45) is 0 Å². The van der Waals surface area contributed by atoms with Crippen LogP contribution in [0.25, 0.3) is 11.3 Å². The number of fused-ring (bicyclic) bond motifs is 1. The van der Waals surface area contributed by atoms with Crippen LogP contribution in [-0.4, -0.2) is 26.0 Å². The molecule has 1 aliphatic heterocycles. The molecule has 5 nitrogen and oxygen atoms in total. The van der Waals surface area contributed by atoms with Crippen molar-refractivity contribution in [1.29, 1.82) is 0 Å². The molecule has 19 heavy (non-hydrogen) atoms. The second-order valence-electron chi connectivity index (χ2n) is 4.38. The minimum absolute atomic E-state index is 0.0725. The normalized spacial score (nSPS) is 10.9. The third-order valence-electron chi connectivity index (χ3n) is 3.06. The Hall–Kier alpha value is -2.69. The van der Waals surface area contributed by atoms with Gasteiger partial charge in [-0.1, -0.05) is 30.3 Å². The average Bonchev–Trinajstić information content (AvgIpc) is 2.90. The summed E-state index contributed by atoms with van der Waals surface area (Å²) in [6.07, 6.45) is 0. The first kappa shape index (κ1) is 11.4. The van der Waals surface area contributed by atoms with Gasteiger partial charge in [0, 0.05) is 11.6 Å². The second kappa shape index (κ2) is 4.20. The number of benzene rings is 1. The van der Waals surface area contributed by atoms with Gasteiger partial charge < -0.3 is 10.2 Å². The largest absolute Gasteiger partial charge is 0.508 e. The minimum Gasteiger partial charge on any atom is -0.508 e. The minimum atomic E-state index is -1.04. The molecule has 2 aliphatic rings. The van der Waals surface area contributed by atoms with Crippen molar-refractivity contribution in [2.45, 2.75) is 6.54 Å². The fourth-order valence-corrected chi connectivity index (χ4v) is 2.21. The van der Waals surface area contributed by atoms with E-state index in [4.69, 9.17) is 5.11 Å². The van der Waals surface area contributed by atoms with Crippen LogP contribution in [0.1, 0.15) is 16.1 Å². The number of hydrogen-bond acceptors (Lipinski definition) is 2. The van der Waals surface area contributed by atoms with E-state index in [1.807, 2.05) is 30.3 Å². The van der Waals surface area contributed by atoms with Gasteiger partial charge in [-0.3, -0.25) is 9.78 Å². The molecule has 3 N–H and O–H groups in total. The standard InChI is InChI=1S/C14H12N2O3/c17-10-6-11-12(7-10)16(15-13(11)14(18)19)8-9-4-2-1-3-5-9/h1-7,15,17H,8H2,(H,18,19). The van der Waals surface area contributed by atoms with Crippen molar-refractivity contribution in [3.63, 3.8) is 0 Å². The number of carbonyl (C=O) groups is 1. The van der Waals surface area contributed by atoms with E-state index in [2.05, 4.69) is 5.10 Å². The number of nitrogens with zero attached hydrogens (tertiary/aromatic N) is 1. The van der Waals surface area contributed by atoms with Gasteiger partial charge in [-0.2, -0.15) is 0 Å². The number of carboxylic acids is 1. The van der Waals surface area contributed by atoms with Crippen molar-refractivity contribution < 1.29 is 15.0 Å².